The van der Waals surface area contributed by atoms with Crippen LogP contribution in [0.2, 0.25) is 0 Å². The number of aryl methyl sites for hydroxylation is 1. The van der Waals surface area contributed by atoms with E-state index in [4.69, 9.17) is 4.74 Å². The predicted octanol–water partition coefficient (Wildman–Crippen LogP) is 3.48. The van der Waals surface area contributed by atoms with Crippen molar-refractivity contribution in [3.8, 4) is 0 Å². The van der Waals surface area contributed by atoms with Gasteiger partial charge < -0.3 is 25.2 Å². The minimum absolute atomic E-state index is 0. The second-order valence-electron chi connectivity index (χ2n) is 8.72. The van der Waals surface area contributed by atoms with Gasteiger partial charge in [0, 0.05) is 46.5 Å². The van der Waals surface area contributed by atoms with Crippen LogP contribution in [0, 0.1) is 0 Å². The largest absolute Gasteiger partial charge is 0.444 e. The van der Waals surface area contributed by atoms with Gasteiger partial charge in [0.1, 0.15) is 5.60 Å². The lowest BCUT2D eigenvalue weighted by Gasteiger charge is -2.23. The maximum atomic E-state index is 12.0. The molecule has 0 spiro atoms. The molecule has 7 nitrogen and oxygen atoms in total. The van der Waals surface area contributed by atoms with Gasteiger partial charge in [-0.05, 0) is 57.7 Å². The van der Waals surface area contributed by atoms with Gasteiger partial charge in [0.25, 0.3) is 0 Å². The number of carbonyl (C=O) groups is 1. The van der Waals surface area contributed by atoms with Gasteiger partial charge in [-0.25, -0.2) is 4.79 Å². The Hall–Kier alpha value is -1.71. The summed E-state index contributed by atoms with van der Waals surface area (Å²) in [6.45, 7) is 8.08. The summed E-state index contributed by atoms with van der Waals surface area (Å²) in [6.07, 6.45) is 2.60. The monoisotopic (exact) mass is 531 g/mol. The molecule has 1 saturated heterocycles. The van der Waals surface area contributed by atoms with Crippen molar-refractivity contribution in [2.75, 3.05) is 45.7 Å². The minimum Gasteiger partial charge on any atom is -0.444 e. The van der Waals surface area contributed by atoms with Crippen LogP contribution < -0.4 is 15.5 Å². The van der Waals surface area contributed by atoms with E-state index in [-0.39, 0.29) is 36.1 Å². The van der Waals surface area contributed by atoms with Crippen LogP contribution in [0.15, 0.2) is 29.3 Å². The number of anilines is 1. The molecule has 0 aliphatic carbocycles. The Bertz CT molecular complexity index is 686. The first-order valence-electron chi connectivity index (χ1n) is 10.4. The molecule has 8 heteroatoms. The number of nitrogens with one attached hydrogen (secondary N) is 2. The summed E-state index contributed by atoms with van der Waals surface area (Å²) in [5, 5.41) is 6.40. The zero-order chi connectivity index (χ0) is 21.4. The number of hydrogen-bond acceptors (Lipinski definition) is 4. The van der Waals surface area contributed by atoms with Crippen LogP contribution in [0.4, 0.5) is 10.5 Å². The van der Waals surface area contributed by atoms with E-state index in [0.29, 0.717) is 0 Å². The first-order valence-corrected chi connectivity index (χ1v) is 10.4. The van der Waals surface area contributed by atoms with Gasteiger partial charge >= 0.3 is 6.09 Å². The molecule has 1 unspecified atom stereocenters. The first-order chi connectivity index (χ1) is 13.7. The summed E-state index contributed by atoms with van der Waals surface area (Å²) in [5.74, 6) is 0.890. The Morgan fingerprint density at radius 2 is 1.93 bits per heavy atom. The van der Waals surface area contributed by atoms with Crippen LogP contribution >= 0.6 is 24.0 Å². The SMILES string of the molecule is CN=C(NCCCc1ccc(N(C)C)cc1)N1CCC(NC(=O)OC(C)(C)C)C1.I. The van der Waals surface area contributed by atoms with Gasteiger partial charge in [0.2, 0.25) is 0 Å². The predicted molar refractivity (Wildman–Crippen MR) is 135 cm³/mol. The number of likely N-dealkylation sites (tertiary alicyclic amines) is 1. The third-order valence-electron chi connectivity index (χ3n) is 4.80. The fourth-order valence-corrected chi connectivity index (χ4v) is 3.33. The number of aliphatic imine (C=N–C) groups is 1. The van der Waals surface area contributed by atoms with Gasteiger partial charge in [-0.2, -0.15) is 0 Å². The number of benzene rings is 1. The van der Waals surface area contributed by atoms with Crippen LogP contribution in [0.1, 0.15) is 39.2 Å². The molecule has 170 valence electrons. The van der Waals surface area contributed by atoms with E-state index in [1.807, 2.05) is 20.8 Å². The number of alkyl carbamates (subject to hydrolysis) is 1. The summed E-state index contributed by atoms with van der Waals surface area (Å²) in [7, 11) is 5.91. The first kappa shape index (κ1) is 26.3. The quantitative estimate of drug-likeness (QED) is 0.255. The third kappa shape index (κ3) is 8.97. The molecule has 1 aliphatic heterocycles. The summed E-state index contributed by atoms with van der Waals surface area (Å²) in [5.41, 5.74) is 2.08. The molecule has 1 aliphatic rings. The topological polar surface area (TPSA) is 69.2 Å². The number of carbonyl (C=O) groups excluding carboxylic acids is 1. The van der Waals surface area contributed by atoms with E-state index >= 15 is 0 Å². The normalized spacial score (nSPS) is 16.7. The summed E-state index contributed by atoms with van der Waals surface area (Å²) < 4.78 is 5.35. The molecular formula is C22H38IN5O2. The molecule has 2 rings (SSSR count). The number of ether oxygens (including phenoxy) is 1. The molecule has 1 heterocycles. The van der Waals surface area contributed by atoms with E-state index in [9.17, 15) is 4.79 Å². The molecule has 0 bridgehead atoms. The van der Waals surface area contributed by atoms with Crippen molar-refractivity contribution in [2.24, 2.45) is 4.99 Å². The third-order valence-corrected chi connectivity index (χ3v) is 4.80. The molecule has 1 aromatic carbocycles. The van der Waals surface area contributed by atoms with E-state index in [0.717, 1.165) is 44.9 Å². The van der Waals surface area contributed by atoms with Crippen molar-refractivity contribution in [1.82, 2.24) is 15.5 Å². The summed E-state index contributed by atoms with van der Waals surface area (Å²) >= 11 is 0. The highest BCUT2D eigenvalue weighted by molar-refractivity contribution is 14.0. The van der Waals surface area contributed by atoms with E-state index in [1.54, 1.807) is 7.05 Å². The van der Waals surface area contributed by atoms with Crippen molar-refractivity contribution >= 4 is 41.7 Å². The number of hydrogen-bond donors (Lipinski definition) is 2. The van der Waals surface area contributed by atoms with Crippen molar-refractivity contribution in [2.45, 2.75) is 51.7 Å². The molecule has 1 aromatic rings. The number of rotatable bonds is 6. The molecule has 0 saturated carbocycles. The van der Waals surface area contributed by atoms with Crippen molar-refractivity contribution < 1.29 is 9.53 Å². The fraction of sp³-hybridized carbons (Fsp3) is 0.636. The molecule has 2 N–H and O–H groups in total. The maximum Gasteiger partial charge on any atom is 0.407 e. The molecule has 1 atom stereocenters. The van der Waals surface area contributed by atoms with Crippen molar-refractivity contribution in [3.05, 3.63) is 29.8 Å². The lowest BCUT2D eigenvalue weighted by Crippen LogP contribution is -2.44. The Kier molecular flexibility index (Phi) is 10.7. The minimum atomic E-state index is -0.479. The molecule has 1 amide bonds. The molecule has 30 heavy (non-hydrogen) atoms. The zero-order valence-corrected chi connectivity index (χ0v) is 21.5. The van der Waals surface area contributed by atoms with Crippen molar-refractivity contribution in [3.63, 3.8) is 0 Å². The highest BCUT2D eigenvalue weighted by Crippen LogP contribution is 2.14. The highest BCUT2D eigenvalue weighted by atomic mass is 127. The molecular weight excluding hydrogens is 493 g/mol. The number of guanidine groups is 1. The lowest BCUT2D eigenvalue weighted by molar-refractivity contribution is 0.0507. The Morgan fingerprint density at radius 3 is 2.50 bits per heavy atom. The number of halogens is 1. The lowest BCUT2D eigenvalue weighted by atomic mass is 10.1. The Morgan fingerprint density at radius 1 is 1.27 bits per heavy atom. The average molecular weight is 531 g/mol. The van der Waals surface area contributed by atoms with Gasteiger partial charge in [-0.3, -0.25) is 4.99 Å². The second kappa shape index (κ2) is 12.2. The highest BCUT2D eigenvalue weighted by Gasteiger charge is 2.27. The van der Waals surface area contributed by atoms with Crippen molar-refractivity contribution in [1.29, 1.82) is 0 Å². The summed E-state index contributed by atoms with van der Waals surface area (Å²) in [4.78, 5) is 20.7. The Labute approximate surface area is 198 Å². The van der Waals surface area contributed by atoms with E-state index in [2.05, 4.69) is 63.8 Å². The van der Waals surface area contributed by atoms with Crippen LogP contribution in [0.3, 0.4) is 0 Å². The second-order valence-corrected chi connectivity index (χ2v) is 8.72. The van der Waals surface area contributed by atoms with E-state index < -0.39 is 5.60 Å². The number of amides is 1. The van der Waals surface area contributed by atoms with Crippen LogP contribution in [-0.2, 0) is 11.2 Å². The molecule has 0 aromatic heterocycles. The van der Waals surface area contributed by atoms with E-state index in [1.165, 1.54) is 11.3 Å². The van der Waals surface area contributed by atoms with Crippen LogP contribution in [0.25, 0.3) is 0 Å². The van der Waals surface area contributed by atoms with Gasteiger partial charge in [-0.15, -0.1) is 24.0 Å². The molecule has 1 fully saturated rings. The standard InChI is InChI=1S/C22H37N5O2.HI/c1-22(2,3)29-21(28)25-18-13-15-27(16-18)20(23-4)24-14-7-8-17-9-11-19(12-10-17)26(5)6;/h9-12,18H,7-8,13-16H2,1-6H3,(H,23,24)(H,25,28);1H. The fourth-order valence-electron chi connectivity index (χ4n) is 3.33. The zero-order valence-electron chi connectivity index (χ0n) is 19.2. The average Bonchev–Trinajstić information content (AvgIpc) is 3.08. The molecule has 0 radical (unpaired) electrons. The smallest absolute Gasteiger partial charge is 0.407 e. The van der Waals surface area contributed by atoms with Crippen LogP contribution in [0.5, 0.6) is 0 Å². The maximum absolute atomic E-state index is 12.0. The number of nitrogens with zero attached hydrogens (tertiary/aromatic N) is 3. The van der Waals surface area contributed by atoms with Gasteiger partial charge in [0.05, 0.1) is 6.04 Å². The Balaban J connectivity index is 0.00000450. The van der Waals surface area contributed by atoms with Gasteiger partial charge in [0.15, 0.2) is 5.96 Å². The van der Waals surface area contributed by atoms with Crippen LogP contribution in [-0.4, -0.2) is 69.4 Å². The van der Waals surface area contributed by atoms with Gasteiger partial charge in [-0.1, -0.05) is 12.1 Å². The summed E-state index contributed by atoms with van der Waals surface area (Å²) in [6, 6.07) is 8.78.